The second-order valence-electron chi connectivity index (χ2n) is 8.89. The lowest BCUT2D eigenvalue weighted by atomic mass is 9.99. The van der Waals surface area contributed by atoms with Crippen LogP contribution in [0.25, 0.3) is 11.0 Å². The van der Waals surface area contributed by atoms with Gasteiger partial charge in [0.05, 0.1) is 0 Å². The predicted octanol–water partition coefficient (Wildman–Crippen LogP) is 4.29. The first-order chi connectivity index (χ1) is 15.7. The van der Waals surface area contributed by atoms with Gasteiger partial charge in [-0.15, -0.1) is 0 Å². The summed E-state index contributed by atoms with van der Waals surface area (Å²) in [7, 11) is 0. The summed E-state index contributed by atoms with van der Waals surface area (Å²) in [5.41, 5.74) is 4.21. The zero-order chi connectivity index (χ0) is 22.1. The molecule has 1 aromatic carbocycles. The highest BCUT2D eigenvalue weighted by atomic mass is 16.1. The van der Waals surface area contributed by atoms with Crippen molar-refractivity contribution in [1.82, 2.24) is 19.4 Å². The summed E-state index contributed by atoms with van der Waals surface area (Å²) in [5.74, 6) is 0.469. The lowest BCUT2D eigenvalue weighted by Crippen LogP contribution is -2.31. The lowest BCUT2D eigenvalue weighted by molar-refractivity contribution is 0.255. The third-order valence-corrected chi connectivity index (χ3v) is 6.68. The molecule has 1 fully saturated rings. The van der Waals surface area contributed by atoms with Crippen molar-refractivity contribution in [2.45, 2.75) is 58.0 Å². The fourth-order valence-electron chi connectivity index (χ4n) is 5.09. The van der Waals surface area contributed by atoms with E-state index in [9.17, 15) is 10.1 Å². The third kappa shape index (κ3) is 3.87. The van der Waals surface area contributed by atoms with E-state index in [1.54, 1.807) is 16.8 Å². The van der Waals surface area contributed by atoms with Crippen LogP contribution in [0, 0.1) is 11.3 Å². The standard InChI is InChI=1S/C25H28N6O/c1-2-10-30-11-9-17-13-21(8-7-18(17)16-30)28-25-27-15-20-12-19(14-26)24(32)31(23(20)29-25)22-5-3-4-6-22/h7-8,12-13,15,22H,2-6,9-11,16H2,1H3,(H,27,28,29). The van der Waals surface area contributed by atoms with Gasteiger partial charge >= 0.3 is 0 Å². The molecule has 2 aliphatic rings. The third-order valence-electron chi connectivity index (χ3n) is 6.68. The molecule has 1 saturated carbocycles. The molecule has 7 heteroatoms. The van der Waals surface area contributed by atoms with Gasteiger partial charge in [-0.2, -0.15) is 10.2 Å². The average molecular weight is 429 g/mol. The monoisotopic (exact) mass is 428 g/mol. The molecule has 0 amide bonds. The molecule has 7 nitrogen and oxygen atoms in total. The van der Waals surface area contributed by atoms with Crippen LogP contribution >= 0.6 is 0 Å². The second kappa shape index (κ2) is 8.71. The first-order valence-corrected chi connectivity index (χ1v) is 11.6. The minimum atomic E-state index is -0.248. The molecule has 3 heterocycles. The number of nitriles is 1. The highest BCUT2D eigenvalue weighted by Gasteiger charge is 2.23. The largest absolute Gasteiger partial charge is 0.324 e. The van der Waals surface area contributed by atoms with E-state index in [1.165, 1.54) is 17.5 Å². The Labute approximate surface area is 187 Å². The van der Waals surface area contributed by atoms with Gasteiger partial charge in [-0.1, -0.05) is 25.8 Å². The number of nitrogens with one attached hydrogen (secondary N) is 1. The van der Waals surface area contributed by atoms with E-state index in [0.717, 1.165) is 62.8 Å². The molecule has 5 rings (SSSR count). The Morgan fingerprint density at radius 3 is 2.84 bits per heavy atom. The molecule has 1 N–H and O–H groups in total. The van der Waals surface area contributed by atoms with Crippen LogP contribution in [0.15, 0.2) is 35.3 Å². The second-order valence-corrected chi connectivity index (χ2v) is 8.89. The van der Waals surface area contributed by atoms with Gasteiger partial charge in [0, 0.05) is 36.4 Å². The van der Waals surface area contributed by atoms with Crippen LogP contribution in [-0.4, -0.2) is 32.5 Å². The van der Waals surface area contributed by atoms with E-state index in [2.05, 4.69) is 40.3 Å². The summed E-state index contributed by atoms with van der Waals surface area (Å²) in [6.45, 7) is 5.45. The minimum absolute atomic E-state index is 0.0934. The number of hydrogen-bond donors (Lipinski definition) is 1. The number of anilines is 2. The summed E-state index contributed by atoms with van der Waals surface area (Å²) in [4.78, 5) is 24.7. The van der Waals surface area contributed by atoms with Gasteiger partial charge in [-0.05, 0) is 61.6 Å². The van der Waals surface area contributed by atoms with Crippen LogP contribution in [0.4, 0.5) is 11.6 Å². The molecule has 0 saturated heterocycles. The van der Waals surface area contributed by atoms with Crippen LogP contribution in [0.3, 0.4) is 0 Å². The molecular formula is C25H28N6O. The molecule has 1 aliphatic heterocycles. The SMILES string of the molecule is CCCN1CCc2cc(Nc3ncc4cc(C#N)c(=O)n(C5CCCC5)c4n3)ccc2C1. The summed E-state index contributed by atoms with van der Waals surface area (Å²) in [6, 6.07) is 10.2. The Morgan fingerprint density at radius 2 is 2.06 bits per heavy atom. The molecule has 0 radical (unpaired) electrons. The van der Waals surface area contributed by atoms with E-state index < -0.39 is 0 Å². The van der Waals surface area contributed by atoms with Gasteiger partial charge in [0.15, 0.2) is 0 Å². The lowest BCUT2D eigenvalue weighted by Gasteiger charge is -2.28. The van der Waals surface area contributed by atoms with Gasteiger partial charge < -0.3 is 5.32 Å². The first kappa shape index (κ1) is 20.7. The maximum absolute atomic E-state index is 13.0. The summed E-state index contributed by atoms with van der Waals surface area (Å²) >= 11 is 0. The van der Waals surface area contributed by atoms with E-state index >= 15 is 0 Å². The number of fused-ring (bicyclic) bond motifs is 2. The summed E-state index contributed by atoms with van der Waals surface area (Å²) < 4.78 is 1.73. The fourth-order valence-corrected chi connectivity index (χ4v) is 5.09. The van der Waals surface area contributed by atoms with E-state index in [-0.39, 0.29) is 17.2 Å². The van der Waals surface area contributed by atoms with Gasteiger partial charge in [0.2, 0.25) is 5.95 Å². The maximum atomic E-state index is 13.0. The highest BCUT2D eigenvalue weighted by Crippen LogP contribution is 2.31. The molecule has 32 heavy (non-hydrogen) atoms. The van der Waals surface area contributed by atoms with Crippen LogP contribution in [-0.2, 0) is 13.0 Å². The van der Waals surface area contributed by atoms with Gasteiger partial charge in [0.1, 0.15) is 17.3 Å². The first-order valence-electron chi connectivity index (χ1n) is 11.6. The quantitative estimate of drug-likeness (QED) is 0.652. The predicted molar refractivity (Wildman–Crippen MR) is 125 cm³/mol. The molecule has 2 aromatic heterocycles. The molecule has 164 valence electrons. The van der Waals surface area contributed by atoms with Crippen LogP contribution < -0.4 is 10.9 Å². The van der Waals surface area contributed by atoms with Gasteiger partial charge in [-0.3, -0.25) is 14.3 Å². The fraction of sp³-hybridized carbons (Fsp3) is 0.440. The molecule has 0 atom stereocenters. The summed E-state index contributed by atoms with van der Waals surface area (Å²) in [5, 5.41) is 13.5. The van der Waals surface area contributed by atoms with Crippen LogP contribution in [0.2, 0.25) is 0 Å². The molecule has 1 aliphatic carbocycles. The Hall–Kier alpha value is -3.24. The normalized spacial score (nSPS) is 16.8. The highest BCUT2D eigenvalue weighted by molar-refractivity contribution is 5.77. The molecule has 0 spiro atoms. The number of rotatable bonds is 5. The number of aromatic nitrogens is 3. The molecule has 0 bridgehead atoms. The molecule has 0 unspecified atom stereocenters. The number of pyridine rings is 1. The van der Waals surface area contributed by atoms with Crippen LogP contribution in [0.1, 0.15) is 61.8 Å². The van der Waals surface area contributed by atoms with Crippen molar-refractivity contribution >= 4 is 22.7 Å². The van der Waals surface area contributed by atoms with Crippen LogP contribution in [0.5, 0.6) is 0 Å². The van der Waals surface area contributed by atoms with Gasteiger partial charge in [-0.25, -0.2) is 4.98 Å². The van der Waals surface area contributed by atoms with Crippen molar-refractivity contribution in [2.75, 3.05) is 18.4 Å². The van der Waals surface area contributed by atoms with Crippen molar-refractivity contribution in [3.8, 4) is 6.07 Å². The minimum Gasteiger partial charge on any atom is -0.324 e. The Bertz CT molecular complexity index is 1250. The van der Waals surface area contributed by atoms with Gasteiger partial charge in [0.25, 0.3) is 5.56 Å². The molecular weight excluding hydrogens is 400 g/mol. The zero-order valence-corrected chi connectivity index (χ0v) is 18.5. The number of nitrogens with zero attached hydrogens (tertiary/aromatic N) is 5. The topological polar surface area (TPSA) is 86.8 Å². The van der Waals surface area contributed by atoms with Crippen molar-refractivity contribution in [3.05, 3.63) is 57.5 Å². The van der Waals surface area contributed by atoms with Crippen molar-refractivity contribution in [2.24, 2.45) is 0 Å². The van der Waals surface area contributed by atoms with Crippen molar-refractivity contribution in [3.63, 3.8) is 0 Å². The Balaban J connectivity index is 1.47. The average Bonchev–Trinajstić information content (AvgIpc) is 3.33. The summed E-state index contributed by atoms with van der Waals surface area (Å²) in [6.07, 6.45) is 7.99. The van der Waals surface area contributed by atoms with E-state index in [0.29, 0.717) is 11.6 Å². The number of benzene rings is 1. The van der Waals surface area contributed by atoms with Crippen molar-refractivity contribution in [1.29, 1.82) is 5.26 Å². The maximum Gasteiger partial charge on any atom is 0.270 e. The van der Waals surface area contributed by atoms with E-state index in [4.69, 9.17) is 4.98 Å². The zero-order valence-electron chi connectivity index (χ0n) is 18.5. The van der Waals surface area contributed by atoms with E-state index in [1.807, 2.05) is 6.07 Å². The molecule has 3 aromatic rings. The Kier molecular flexibility index (Phi) is 5.62. The number of hydrogen-bond acceptors (Lipinski definition) is 6. The smallest absolute Gasteiger partial charge is 0.270 e. The Morgan fingerprint density at radius 1 is 1.22 bits per heavy atom. The van der Waals surface area contributed by atoms with Crippen molar-refractivity contribution < 1.29 is 0 Å².